The van der Waals surface area contributed by atoms with Gasteiger partial charge in [0, 0.05) is 19.5 Å². The second-order valence-corrected chi connectivity index (χ2v) is 8.25. The highest BCUT2D eigenvalue weighted by molar-refractivity contribution is 7.18. The summed E-state index contributed by atoms with van der Waals surface area (Å²) in [6, 6.07) is 13.4. The summed E-state index contributed by atoms with van der Waals surface area (Å²) in [4.78, 5) is 30.2. The fourth-order valence-electron chi connectivity index (χ4n) is 3.64. The number of carboxylic acid groups (broad SMARTS) is 1. The van der Waals surface area contributed by atoms with Crippen molar-refractivity contribution in [3.8, 4) is 0 Å². The Balaban J connectivity index is 1.28. The summed E-state index contributed by atoms with van der Waals surface area (Å²) >= 11 is 1.73. The number of unbranched alkanes of at least 4 members (excludes halogenated alkanes) is 1. The molecule has 1 aliphatic rings. The minimum Gasteiger partial charge on any atom is -0.478 e. The number of hydrogen-bond donors (Lipinski definition) is 1. The summed E-state index contributed by atoms with van der Waals surface area (Å²) < 4.78 is 1.21. The van der Waals surface area contributed by atoms with Gasteiger partial charge in [-0.25, -0.2) is 9.78 Å². The van der Waals surface area contributed by atoms with Gasteiger partial charge in [0.1, 0.15) is 0 Å². The third-order valence-electron chi connectivity index (χ3n) is 5.19. The van der Waals surface area contributed by atoms with Gasteiger partial charge in [-0.15, -0.1) is 11.3 Å². The molecule has 2 aromatic carbocycles. The third-order valence-corrected chi connectivity index (χ3v) is 6.28. The number of aryl methyl sites for hydroxylation is 1. The van der Waals surface area contributed by atoms with Gasteiger partial charge >= 0.3 is 5.97 Å². The maximum atomic E-state index is 12.6. The Morgan fingerprint density at radius 2 is 1.96 bits per heavy atom. The predicted molar refractivity (Wildman–Crippen MR) is 110 cm³/mol. The number of hydrogen-bond acceptors (Lipinski definition) is 4. The molecule has 0 saturated carbocycles. The van der Waals surface area contributed by atoms with Gasteiger partial charge in [-0.05, 0) is 61.1 Å². The van der Waals surface area contributed by atoms with E-state index in [1.165, 1.54) is 4.70 Å². The number of nitrogens with zero attached hydrogens (tertiary/aromatic N) is 2. The predicted octanol–water partition coefficient (Wildman–Crippen LogP) is 4.29. The number of para-hydroxylation sites is 1. The highest BCUT2D eigenvalue weighted by Crippen LogP contribution is 2.24. The van der Waals surface area contributed by atoms with E-state index in [1.54, 1.807) is 23.5 Å². The van der Waals surface area contributed by atoms with Crippen molar-refractivity contribution in [2.24, 2.45) is 0 Å². The van der Waals surface area contributed by atoms with E-state index in [0.29, 0.717) is 19.5 Å². The van der Waals surface area contributed by atoms with Crippen LogP contribution >= 0.6 is 11.3 Å². The smallest absolute Gasteiger partial charge is 0.335 e. The number of aromatic nitrogens is 1. The highest BCUT2D eigenvalue weighted by Gasteiger charge is 2.21. The molecule has 0 saturated heterocycles. The molecule has 0 fully saturated rings. The molecule has 0 aliphatic carbocycles. The van der Waals surface area contributed by atoms with E-state index < -0.39 is 5.97 Å². The minimum atomic E-state index is -0.930. The van der Waals surface area contributed by atoms with E-state index >= 15 is 0 Å². The number of rotatable bonds is 6. The standard InChI is InChI=1S/C22H22N2O3S/c25-21(8-4-3-7-20-23-18-5-1-2-6-19(18)28-20)24-12-11-15-9-10-16(22(26)27)13-17(15)14-24/h1-2,5-6,9-10,13H,3-4,7-8,11-12,14H2,(H,26,27). The lowest BCUT2D eigenvalue weighted by Gasteiger charge is -2.29. The number of fused-ring (bicyclic) bond motifs is 2. The first kappa shape index (κ1) is 18.6. The first-order chi connectivity index (χ1) is 13.6. The molecule has 28 heavy (non-hydrogen) atoms. The van der Waals surface area contributed by atoms with Gasteiger partial charge in [0.15, 0.2) is 0 Å². The number of amides is 1. The highest BCUT2D eigenvalue weighted by atomic mass is 32.1. The number of aromatic carboxylic acids is 1. The van der Waals surface area contributed by atoms with Crippen LogP contribution in [0.4, 0.5) is 0 Å². The van der Waals surface area contributed by atoms with Crippen LogP contribution in [-0.4, -0.2) is 33.4 Å². The van der Waals surface area contributed by atoms with Crippen LogP contribution in [0.1, 0.15) is 45.8 Å². The fourth-order valence-corrected chi connectivity index (χ4v) is 4.65. The van der Waals surface area contributed by atoms with Gasteiger partial charge in [-0.3, -0.25) is 4.79 Å². The SMILES string of the molecule is O=C(O)c1ccc2c(c1)CN(C(=O)CCCCc1nc3ccccc3s1)CC2. The van der Waals surface area contributed by atoms with E-state index in [4.69, 9.17) is 5.11 Å². The first-order valence-electron chi connectivity index (χ1n) is 9.57. The molecular weight excluding hydrogens is 372 g/mol. The Morgan fingerprint density at radius 3 is 2.79 bits per heavy atom. The average Bonchev–Trinajstić information content (AvgIpc) is 3.13. The van der Waals surface area contributed by atoms with Crippen LogP contribution in [0.15, 0.2) is 42.5 Å². The largest absolute Gasteiger partial charge is 0.478 e. The zero-order chi connectivity index (χ0) is 19.5. The van der Waals surface area contributed by atoms with Gasteiger partial charge < -0.3 is 10.0 Å². The van der Waals surface area contributed by atoms with Gasteiger partial charge in [0.25, 0.3) is 0 Å². The minimum absolute atomic E-state index is 0.149. The number of carbonyl (C=O) groups excluding carboxylic acids is 1. The van der Waals surface area contributed by atoms with Crippen LogP contribution in [0.2, 0.25) is 0 Å². The van der Waals surface area contributed by atoms with Crippen molar-refractivity contribution in [1.29, 1.82) is 0 Å². The molecule has 1 aromatic heterocycles. The second kappa shape index (κ2) is 8.10. The maximum absolute atomic E-state index is 12.6. The van der Waals surface area contributed by atoms with Crippen molar-refractivity contribution in [3.05, 3.63) is 64.2 Å². The van der Waals surface area contributed by atoms with Crippen LogP contribution in [-0.2, 0) is 24.2 Å². The van der Waals surface area contributed by atoms with Crippen LogP contribution in [0.25, 0.3) is 10.2 Å². The lowest BCUT2D eigenvalue weighted by atomic mass is 9.97. The quantitative estimate of drug-likeness (QED) is 0.633. The van der Waals surface area contributed by atoms with Crippen molar-refractivity contribution in [1.82, 2.24) is 9.88 Å². The number of carbonyl (C=O) groups is 2. The van der Waals surface area contributed by atoms with Crippen molar-refractivity contribution < 1.29 is 14.7 Å². The van der Waals surface area contributed by atoms with Crippen LogP contribution in [0.5, 0.6) is 0 Å². The van der Waals surface area contributed by atoms with E-state index in [2.05, 4.69) is 11.1 Å². The fraction of sp³-hybridized carbons (Fsp3) is 0.318. The molecule has 0 radical (unpaired) electrons. The molecule has 6 heteroatoms. The monoisotopic (exact) mass is 394 g/mol. The normalized spacial score (nSPS) is 13.5. The summed E-state index contributed by atoms with van der Waals surface area (Å²) in [5.41, 5.74) is 3.43. The molecule has 0 bridgehead atoms. The Morgan fingerprint density at radius 1 is 1.11 bits per heavy atom. The summed E-state index contributed by atoms with van der Waals surface area (Å²) in [7, 11) is 0. The topological polar surface area (TPSA) is 70.5 Å². The molecule has 5 nitrogen and oxygen atoms in total. The summed E-state index contributed by atoms with van der Waals surface area (Å²) in [6.07, 6.45) is 4.00. The van der Waals surface area contributed by atoms with E-state index in [0.717, 1.165) is 47.3 Å². The van der Waals surface area contributed by atoms with Crippen LogP contribution in [0, 0.1) is 0 Å². The second-order valence-electron chi connectivity index (χ2n) is 7.14. The molecule has 0 spiro atoms. The van der Waals surface area contributed by atoms with Gasteiger partial charge in [-0.1, -0.05) is 18.2 Å². The van der Waals surface area contributed by atoms with Crippen LogP contribution in [0.3, 0.4) is 0 Å². The average molecular weight is 394 g/mol. The molecule has 144 valence electrons. The molecule has 1 aliphatic heterocycles. The lowest BCUT2D eigenvalue weighted by Crippen LogP contribution is -2.35. The molecule has 0 atom stereocenters. The lowest BCUT2D eigenvalue weighted by molar-refractivity contribution is -0.132. The molecule has 1 N–H and O–H groups in total. The van der Waals surface area contributed by atoms with Crippen LogP contribution < -0.4 is 0 Å². The van der Waals surface area contributed by atoms with E-state index in [9.17, 15) is 9.59 Å². The zero-order valence-corrected chi connectivity index (χ0v) is 16.4. The van der Waals surface area contributed by atoms with Crippen molar-refractivity contribution in [2.75, 3.05) is 6.54 Å². The third kappa shape index (κ3) is 4.07. The summed E-state index contributed by atoms with van der Waals surface area (Å²) in [6.45, 7) is 1.21. The van der Waals surface area contributed by atoms with Crippen molar-refractivity contribution >= 4 is 33.4 Å². The Kier molecular flexibility index (Phi) is 5.39. The number of thiazole rings is 1. The van der Waals surface area contributed by atoms with Gasteiger partial charge in [0.05, 0.1) is 20.8 Å². The van der Waals surface area contributed by atoms with Crippen molar-refractivity contribution in [2.45, 2.75) is 38.6 Å². The van der Waals surface area contributed by atoms with Gasteiger partial charge in [-0.2, -0.15) is 0 Å². The molecular formula is C22H22N2O3S. The summed E-state index contributed by atoms with van der Waals surface area (Å²) in [5.74, 6) is -0.781. The Bertz CT molecular complexity index is 995. The Labute approximate surface area is 167 Å². The van der Waals surface area contributed by atoms with Crippen molar-refractivity contribution in [3.63, 3.8) is 0 Å². The van der Waals surface area contributed by atoms with E-state index in [1.807, 2.05) is 29.2 Å². The van der Waals surface area contributed by atoms with Gasteiger partial charge in [0.2, 0.25) is 5.91 Å². The molecule has 1 amide bonds. The number of benzene rings is 2. The molecule has 2 heterocycles. The Hall–Kier alpha value is -2.73. The number of carboxylic acids is 1. The first-order valence-corrected chi connectivity index (χ1v) is 10.4. The van der Waals surface area contributed by atoms with E-state index in [-0.39, 0.29) is 11.5 Å². The molecule has 0 unspecified atom stereocenters. The molecule has 4 rings (SSSR count). The maximum Gasteiger partial charge on any atom is 0.335 e. The zero-order valence-electron chi connectivity index (χ0n) is 15.6. The summed E-state index contributed by atoms with van der Waals surface area (Å²) in [5, 5.41) is 10.3. The molecule has 3 aromatic rings.